The molecule has 1 atom stereocenters. The van der Waals surface area contributed by atoms with Gasteiger partial charge in [0.2, 0.25) is 0 Å². The third-order valence-corrected chi connectivity index (χ3v) is 5.15. The Morgan fingerprint density at radius 3 is 2.90 bits per heavy atom. The van der Waals surface area contributed by atoms with Gasteiger partial charge in [-0.2, -0.15) is 0 Å². The quantitative estimate of drug-likeness (QED) is 0.871. The summed E-state index contributed by atoms with van der Waals surface area (Å²) < 4.78 is 1.40. The predicted octanol–water partition coefficient (Wildman–Crippen LogP) is 3.72. The van der Waals surface area contributed by atoms with Crippen molar-refractivity contribution in [1.29, 1.82) is 0 Å². The number of thiophene rings is 1. The second kappa shape index (κ2) is 6.70. The zero-order chi connectivity index (χ0) is 13.8. The summed E-state index contributed by atoms with van der Waals surface area (Å²) in [7, 11) is 0. The van der Waals surface area contributed by atoms with Gasteiger partial charge in [-0.25, -0.2) is 0 Å². The molecule has 1 fully saturated rings. The van der Waals surface area contributed by atoms with E-state index < -0.39 is 0 Å². The minimum atomic E-state index is 0.734. The maximum atomic E-state index is 3.63. The van der Waals surface area contributed by atoms with Crippen LogP contribution in [0.1, 0.15) is 25.3 Å². The Labute approximate surface area is 125 Å². The van der Waals surface area contributed by atoms with Crippen molar-refractivity contribution in [2.75, 3.05) is 26.2 Å². The summed E-state index contributed by atoms with van der Waals surface area (Å²) in [6.45, 7) is 8.32. The number of nitrogens with one attached hydrogen (secondary N) is 1. The highest BCUT2D eigenvalue weighted by atomic mass is 32.1. The Morgan fingerprint density at radius 2 is 2.05 bits per heavy atom. The second-order valence-electron chi connectivity index (χ2n) is 6.00. The molecule has 1 unspecified atom stereocenters. The maximum Gasteiger partial charge on any atom is 0.0346 e. The first-order chi connectivity index (χ1) is 9.83. The van der Waals surface area contributed by atoms with Gasteiger partial charge in [-0.3, -0.25) is 0 Å². The number of hydrogen-bond acceptors (Lipinski definition) is 3. The highest BCUT2D eigenvalue weighted by molar-refractivity contribution is 7.17. The van der Waals surface area contributed by atoms with Crippen LogP contribution in [-0.2, 0) is 6.54 Å². The number of fused-ring (bicyclic) bond motifs is 1. The van der Waals surface area contributed by atoms with Gasteiger partial charge in [0.05, 0.1) is 0 Å². The van der Waals surface area contributed by atoms with Gasteiger partial charge in [0.15, 0.2) is 0 Å². The van der Waals surface area contributed by atoms with Crippen LogP contribution >= 0.6 is 11.3 Å². The fraction of sp³-hybridized carbons (Fsp3) is 0.529. The van der Waals surface area contributed by atoms with E-state index in [0.29, 0.717) is 0 Å². The van der Waals surface area contributed by atoms with Crippen LogP contribution in [0.15, 0.2) is 29.6 Å². The lowest BCUT2D eigenvalue weighted by Gasteiger charge is -2.20. The predicted molar refractivity (Wildman–Crippen MR) is 88.4 cm³/mol. The number of nitrogens with zero attached hydrogens (tertiary/aromatic N) is 1. The lowest BCUT2D eigenvalue weighted by Crippen LogP contribution is -2.31. The van der Waals surface area contributed by atoms with Crippen molar-refractivity contribution in [2.24, 2.45) is 5.92 Å². The lowest BCUT2D eigenvalue weighted by molar-refractivity contribution is 0.282. The summed E-state index contributed by atoms with van der Waals surface area (Å²) in [6.07, 6.45) is 2.78. The van der Waals surface area contributed by atoms with Gasteiger partial charge < -0.3 is 10.2 Å². The molecule has 0 bridgehead atoms. The topological polar surface area (TPSA) is 15.3 Å². The summed E-state index contributed by atoms with van der Waals surface area (Å²) in [6, 6.07) is 8.69. The monoisotopic (exact) mass is 288 g/mol. The normalized spacial score (nSPS) is 17.9. The van der Waals surface area contributed by atoms with Gasteiger partial charge in [0.25, 0.3) is 0 Å². The Kier molecular flexibility index (Phi) is 4.71. The lowest BCUT2D eigenvalue weighted by atomic mass is 10.1. The van der Waals surface area contributed by atoms with Crippen molar-refractivity contribution in [1.82, 2.24) is 10.2 Å². The summed E-state index contributed by atoms with van der Waals surface area (Å²) >= 11 is 1.85. The molecule has 3 heteroatoms. The summed E-state index contributed by atoms with van der Waals surface area (Å²) in [5.41, 5.74) is 1.44. The first-order valence-corrected chi connectivity index (χ1v) is 8.59. The summed E-state index contributed by atoms with van der Waals surface area (Å²) in [4.78, 5) is 2.60. The average Bonchev–Trinajstić information content (AvgIpc) is 3.09. The molecule has 108 valence electrons. The molecule has 1 aromatic carbocycles. The molecule has 2 nitrogen and oxygen atoms in total. The van der Waals surface area contributed by atoms with E-state index in [1.807, 2.05) is 11.3 Å². The van der Waals surface area contributed by atoms with Crippen LogP contribution in [0.5, 0.6) is 0 Å². The molecule has 0 aliphatic carbocycles. The zero-order valence-corrected chi connectivity index (χ0v) is 13.1. The molecule has 3 rings (SSSR count). The summed E-state index contributed by atoms with van der Waals surface area (Å²) in [5.74, 6) is 0.734. The molecular formula is C17H24N2S. The van der Waals surface area contributed by atoms with E-state index in [1.165, 1.54) is 48.1 Å². The van der Waals surface area contributed by atoms with Gasteiger partial charge in [0, 0.05) is 17.8 Å². The first-order valence-electron chi connectivity index (χ1n) is 7.71. The molecule has 1 aliphatic heterocycles. The largest absolute Gasteiger partial charge is 0.312 e. The molecular weight excluding hydrogens is 264 g/mol. The van der Waals surface area contributed by atoms with E-state index in [1.54, 1.807) is 0 Å². The van der Waals surface area contributed by atoms with Gasteiger partial charge in [-0.15, -0.1) is 11.3 Å². The third-order valence-electron chi connectivity index (χ3n) is 4.14. The van der Waals surface area contributed by atoms with Gasteiger partial charge in [-0.05, 0) is 60.8 Å². The Bertz CT molecular complexity index is 543. The molecule has 2 heterocycles. The van der Waals surface area contributed by atoms with Gasteiger partial charge in [0.1, 0.15) is 0 Å². The van der Waals surface area contributed by atoms with Gasteiger partial charge in [-0.1, -0.05) is 25.1 Å². The van der Waals surface area contributed by atoms with E-state index in [0.717, 1.165) is 19.0 Å². The van der Waals surface area contributed by atoms with Crippen molar-refractivity contribution in [3.8, 4) is 0 Å². The van der Waals surface area contributed by atoms with Crippen LogP contribution in [0, 0.1) is 5.92 Å². The standard InChI is InChI=1S/C17H24N2S/c1-14(12-19-8-4-5-9-19)10-18-11-15-13-20-17-7-3-2-6-16(15)17/h2-3,6-7,13-14,18H,4-5,8-12H2,1H3. The number of hydrogen-bond donors (Lipinski definition) is 1. The minimum absolute atomic E-state index is 0.734. The molecule has 1 saturated heterocycles. The third kappa shape index (κ3) is 3.40. The molecule has 2 aromatic rings. The van der Waals surface area contributed by atoms with Crippen LogP contribution < -0.4 is 5.32 Å². The Hall–Kier alpha value is -0.900. The van der Waals surface area contributed by atoms with Crippen molar-refractivity contribution >= 4 is 21.4 Å². The van der Waals surface area contributed by atoms with Crippen LogP contribution in [0.3, 0.4) is 0 Å². The van der Waals surface area contributed by atoms with Crippen molar-refractivity contribution < 1.29 is 0 Å². The number of rotatable bonds is 6. The molecule has 0 spiro atoms. The van der Waals surface area contributed by atoms with Crippen molar-refractivity contribution in [2.45, 2.75) is 26.3 Å². The molecule has 0 radical (unpaired) electrons. The van der Waals surface area contributed by atoms with Crippen LogP contribution in [0.4, 0.5) is 0 Å². The van der Waals surface area contributed by atoms with Crippen LogP contribution in [0.25, 0.3) is 10.1 Å². The SMILES string of the molecule is CC(CNCc1csc2ccccc12)CN1CCCC1. The van der Waals surface area contributed by atoms with Gasteiger partial charge >= 0.3 is 0 Å². The van der Waals surface area contributed by atoms with E-state index in [2.05, 4.69) is 46.8 Å². The zero-order valence-electron chi connectivity index (χ0n) is 12.3. The number of likely N-dealkylation sites (tertiary alicyclic amines) is 1. The molecule has 1 aliphatic rings. The minimum Gasteiger partial charge on any atom is -0.312 e. The fourth-order valence-electron chi connectivity index (χ4n) is 3.09. The molecule has 1 aromatic heterocycles. The first kappa shape index (κ1) is 14.1. The molecule has 20 heavy (non-hydrogen) atoms. The second-order valence-corrected chi connectivity index (χ2v) is 6.91. The average molecular weight is 288 g/mol. The summed E-state index contributed by atoms with van der Waals surface area (Å²) in [5, 5.41) is 7.34. The maximum absolute atomic E-state index is 3.63. The highest BCUT2D eigenvalue weighted by Crippen LogP contribution is 2.25. The van der Waals surface area contributed by atoms with Crippen molar-refractivity contribution in [3.05, 3.63) is 35.2 Å². The Balaban J connectivity index is 1.47. The molecule has 1 N–H and O–H groups in total. The van der Waals surface area contributed by atoms with E-state index in [9.17, 15) is 0 Å². The van der Waals surface area contributed by atoms with Crippen LogP contribution in [0.2, 0.25) is 0 Å². The van der Waals surface area contributed by atoms with E-state index in [4.69, 9.17) is 0 Å². The van der Waals surface area contributed by atoms with E-state index >= 15 is 0 Å². The van der Waals surface area contributed by atoms with E-state index in [-0.39, 0.29) is 0 Å². The fourth-order valence-corrected chi connectivity index (χ4v) is 4.06. The molecule has 0 saturated carbocycles. The Morgan fingerprint density at radius 1 is 1.25 bits per heavy atom. The smallest absolute Gasteiger partial charge is 0.0346 e. The molecule has 0 amide bonds. The van der Waals surface area contributed by atoms with Crippen molar-refractivity contribution in [3.63, 3.8) is 0 Å². The highest BCUT2D eigenvalue weighted by Gasteiger charge is 2.14. The number of benzene rings is 1. The van der Waals surface area contributed by atoms with Crippen LogP contribution in [-0.4, -0.2) is 31.1 Å².